The number of benzene rings is 1. The van der Waals surface area contributed by atoms with E-state index in [1.165, 1.54) is 31.0 Å². The number of nitrogens with one attached hydrogen (secondary N) is 1. The molecule has 1 heterocycles. The molecular weight excluding hydrogens is 338 g/mol. The maximum absolute atomic E-state index is 12.5. The molecule has 1 unspecified atom stereocenters. The van der Waals surface area contributed by atoms with Crippen molar-refractivity contribution < 1.29 is 9.72 Å². The molecule has 0 aromatic heterocycles. The SMILES string of the molecule is CN(CC1CCCCN1)C(=O)c1cc([N+](=O)[O-])ccc1Br. The van der Waals surface area contributed by atoms with Gasteiger partial charge in [-0.3, -0.25) is 14.9 Å². The largest absolute Gasteiger partial charge is 0.340 e. The molecule has 21 heavy (non-hydrogen) atoms. The van der Waals surface area contributed by atoms with Crippen LogP contribution in [0.5, 0.6) is 0 Å². The Bertz CT molecular complexity index is 544. The number of rotatable bonds is 4. The van der Waals surface area contributed by atoms with Crippen LogP contribution in [0.4, 0.5) is 5.69 Å². The first-order chi connectivity index (χ1) is 9.99. The van der Waals surface area contributed by atoms with Crippen LogP contribution in [0.15, 0.2) is 22.7 Å². The average molecular weight is 356 g/mol. The molecule has 7 heteroatoms. The predicted octanol–water partition coefficient (Wildman–Crippen LogP) is 2.57. The third-order valence-corrected chi connectivity index (χ3v) is 4.34. The van der Waals surface area contributed by atoms with E-state index in [0.29, 0.717) is 22.6 Å². The van der Waals surface area contributed by atoms with Crippen molar-refractivity contribution in [1.29, 1.82) is 0 Å². The van der Waals surface area contributed by atoms with Crippen LogP contribution in [0, 0.1) is 10.1 Å². The molecule has 1 N–H and O–H groups in total. The highest BCUT2D eigenvalue weighted by molar-refractivity contribution is 9.10. The second-order valence-electron chi connectivity index (χ2n) is 5.25. The molecule has 0 saturated carbocycles. The predicted molar refractivity (Wildman–Crippen MR) is 83.4 cm³/mol. The Balaban J connectivity index is 2.10. The number of nitrogens with zero attached hydrogens (tertiary/aromatic N) is 2. The van der Waals surface area contributed by atoms with E-state index in [1.54, 1.807) is 11.9 Å². The molecule has 1 amide bonds. The lowest BCUT2D eigenvalue weighted by molar-refractivity contribution is -0.384. The second kappa shape index (κ2) is 7.00. The Morgan fingerprint density at radius 3 is 2.90 bits per heavy atom. The first-order valence-electron chi connectivity index (χ1n) is 6.92. The Morgan fingerprint density at radius 2 is 2.29 bits per heavy atom. The molecule has 1 aromatic rings. The Hall–Kier alpha value is -1.47. The summed E-state index contributed by atoms with van der Waals surface area (Å²) in [5.74, 6) is -0.210. The monoisotopic (exact) mass is 355 g/mol. The quantitative estimate of drug-likeness (QED) is 0.665. The molecule has 114 valence electrons. The van der Waals surface area contributed by atoms with Crippen molar-refractivity contribution in [3.05, 3.63) is 38.3 Å². The van der Waals surface area contributed by atoms with Crippen molar-refractivity contribution in [2.75, 3.05) is 20.1 Å². The number of carbonyl (C=O) groups is 1. The van der Waals surface area contributed by atoms with Crippen molar-refractivity contribution in [2.45, 2.75) is 25.3 Å². The van der Waals surface area contributed by atoms with Crippen molar-refractivity contribution in [3.8, 4) is 0 Å². The van der Waals surface area contributed by atoms with E-state index < -0.39 is 4.92 Å². The zero-order valence-electron chi connectivity index (χ0n) is 11.8. The minimum atomic E-state index is -0.494. The highest BCUT2D eigenvalue weighted by Gasteiger charge is 2.22. The molecule has 1 aliphatic heterocycles. The Labute approximate surface area is 131 Å². The number of hydrogen-bond acceptors (Lipinski definition) is 4. The highest BCUT2D eigenvalue weighted by Crippen LogP contribution is 2.24. The van der Waals surface area contributed by atoms with E-state index in [2.05, 4.69) is 21.2 Å². The first kappa shape index (κ1) is 15.9. The van der Waals surface area contributed by atoms with E-state index in [9.17, 15) is 14.9 Å². The molecule has 2 rings (SSSR count). The van der Waals surface area contributed by atoms with Crippen molar-refractivity contribution in [2.24, 2.45) is 0 Å². The van der Waals surface area contributed by atoms with Gasteiger partial charge in [0, 0.05) is 36.2 Å². The summed E-state index contributed by atoms with van der Waals surface area (Å²) in [6.45, 7) is 1.58. The lowest BCUT2D eigenvalue weighted by Gasteiger charge is -2.28. The summed E-state index contributed by atoms with van der Waals surface area (Å²) in [5.41, 5.74) is 0.244. The number of carbonyl (C=O) groups excluding carboxylic acids is 1. The molecular formula is C14H18BrN3O3. The van der Waals surface area contributed by atoms with E-state index in [-0.39, 0.29) is 11.6 Å². The minimum Gasteiger partial charge on any atom is -0.340 e. The number of piperidine rings is 1. The van der Waals surface area contributed by atoms with Crippen molar-refractivity contribution >= 4 is 27.5 Å². The summed E-state index contributed by atoms with van der Waals surface area (Å²) < 4.78 is 0.571. The van der Waals surface area contributed by atoms with Crippen LogP contribution in [-0.2, 0) is 0 Å². The number of halogens is 1. The van der Waals surface area contributed by atoms with E-state index in [1.807, 2.05) is 0 Å². The van der Waals surface area contributed by atoms with Gasteiger partial charge in [-0.15, -0.1) is 0 Å². The number of nitro groups is 1. The van der Waals surface area contributed by atoms with Crippen molar-refractivity contribution in [3.63, 3.8) is 0 Å². The third-order valence-electron chi connectivity index (χ3n) is 3.64. The molecule has 1 aromatic carbocycles. The average Bonchev–Trinajstić information content (AvgIpc) is 2.47. The molecule has 0 bridgehead atoms. The van der Waals surface area contributed by atoms with Gasteiger partial charge in [0.1, 0.15) is 0 Å². The maximum atomic E-state index is 12.5. The molecule has 6 nitrogen and oxygen atoms in total. The third kappa shape index (κ3) is 4.01. The van der Waals surface area contributed by atoms with E-state index in [0.717, 1.165) is 13.0 Å². The zero-order valence-corrected chi connectivity index (χ0v) is 13.4. The topological polar surface area (TPSA) is 75.5 Å². The summed E-state index contributed by atoms with van der Waals surface area (Å²) in [6, 6.07) is 4.53. The van der Waals surface area contributed by atoms with E-state index >= 15 is 0 Å². The van der Waals surface area contributed by atoms with Crippen LogP contribution in [0.25, 0.3) is 0 Å². The fourth-order valence-corrected chi connectivity index (χ4v) is 2.91. The summed E-state index contributed by atoms with van der Waals surface area (Å²) in [5, 5.41) is 14.2. The lowest BCUT2D eigenvalue weighted by atomic mass is 10.0. The smallest absolute Gasteiger partial charge is 0.270 e. The second-order valence-corrected chi connectivity index (χ2v) is 6.11. The molecule has 1 aliphatic rings. The highest BCUT2D eigenvalue weighted by atomic mass is 79.9. The zero-order chi connectivity index (χ0) is 15.4. The van der Waals surface area contributed by atoms with Crippen LogP contribution in [0.3, 0.4) is 0 Å². The Kier molecular flexibility index (Phi) is 5.30. The summed E-state index contributed by atoms with van der Waals surface area (Å²) in [4.78, 5) is 24.4. The number of nitro benzene ring substituents is 1. The normalized spacial score (nSPS) is 18.3. The van der Waals surface area contributed by atoms with Crippen LogP contribution in [0.2, 0.25) is 0 Å². The molecule has 1 atom stereocenters. The van der Waals surface area contributed by atoms with Crippen molar-refractivity contribution in [1.82, 2.24) is 10.2 Å². The van der Waals surface area contributed by atoms with Gasteiger partial charge in [0.25, 0.3) is 11.6 Å². The standard InChI is InChI=1S/C14H18BrN3O3/c1-17(9-10-4-2-3-7-16-10)14(19)12-8-11(18(20)21)5-6-13(12)15/h5-6,8,10,16H,2-4,7,9H2,1H3. The van der Waals surface area contributed by atoms with Gasteiger partial charge in [-0.1, -0.05) is 6.42 Å². The van der Waals surface area contributed by atoms with Gasteiger partial charge in [-0.2, -0.15) is 0 Å². The van der Waals surface area contributed by atoms with Gasteiger partial charge in [-0.05, 0) is 41.4 Å². The lowest BCUT2D eigenvalue weighted by Crippen LogP contribution is -2.44. The van der Waals surface area contributed by atoms with Crippen LogP contribution in [0.1, 0.15) is 29.6 Å². The number of non-ortho nitro benzene ring substituents is 1. The minimum absolute atomic E-state index is 0.0780. The summed E-state index contributed by atoms with van der Waals surface area (Å²) in [6.07, 6.45) is 3.39. The molecule has 1 saturated heterocycles. The first-order valence-corrected chi connectivity index (χ1v) is 7.71. The maximum Gasteiger partial charge on any atom is 0.270 e. The molecule has 0 radical (unpaired) electrons. The fourth-order valence-electron chi connectivity index (χ4n) is 2.49. The summed E-state index contributed by atoms with van der Waals surface area (Å²) >= 11 is 3.29. The number of amides is 1. The molecule has 0 spiro atoms. The molecule has 1 fully saturated rings. The van der Waals surface area contributed by atoms with Crippen LogP contribution >= 0.6 is 15.9 Å². The van der Waals surface area contributed by atoms with E-state index in [4.69, 9.17) is 0 Å². The molecule has 0 aliphatic carbocycles. The van der Waals surface area contributed by atoms with Gasteiger partial charge in [0.05, 0.1) is 10.5 Å². The number of hydrogen-bond donors (Lipinski definition) is 1. The Morgan fingerprint density at radius 1 is 1.52 bits per heavy atom. The van der Waals surface area contributed by atoms with Gasteiger partial charge < -0.3 is 10.2 Å². The fraction of sp³-hybridized carbons (Fsp3) is 0.500. The van der Waals surface area contributed by atoms with Gasteiger partial charge >= 0.3 is 0 Å². The van der Waals surface area contributed by atoms with Gasteiger partial charge in [0.2, 0.25) is 0 Å². The summed E-state index contributed by atoms with van der Waals surface area (Å²) in [7, 11) is 1.73. The van der Waals surface area contributed by atoms with Gasteiger partial charge in [0.15, 0.2) is 0 Å². The van der Waals surface area contributed by atoms with Crippen LogP contribution < -0.4 is 5.32 Å². The van der Waals surface area contributed by atoms with Gasteiger partial charge in [-0.25, -0.2) is 0 Å². The number of likely N-dealkylation sites (N-methyl/N-ethyl adjacent to an activating group) is 1. The van der Waals surface area contributed by atoms with Crippen LogP contribution in [-0.4, -0.2) is 41.9 Å².